The summed E-state index contributed by atoms with van der Waals surface area (Å²) in [4.78, 5) is 6.91. The van der Waals surface area contributed by atoms with Crippen LogP contribution in [0.25, 0.3) is 22.4 Å². The second-order valence-corrected chi connectivity index (χ2v) is 5.43. The minimum absolute atomic E-state index is 0.505. The van der Waals surface area contributed by atoms with Crippen molar-refractivity contribution in [1.82, 2.24) is 9.55 Å². The number of nitrogens with two attached hydrogens (primary N) is 1. The Labute approximate surface area is 124 Å². The van der Waals surface area contributed by atoms with E-state index in [1.807, 2.05) is 33.3 Å². The molecule has 4 nitrogen and oxygen atoms in total. The number of hydrogen-bond donors (Lipinski definition) is 1. The summed E-state index contributed by atoms with van der Waals surface area (Å²) in [6, 6.07) is 14.6. The van der Waals surface area contributed by atoms with Gasteiger partial charge in [-0.2, -0.15) is 0 Å². The first-order valence-corrected chi connectivity index (χ1v) is 7.04. The van der Waals surface area contributed by atoms with E-state index in [0.717, 1.165) is 28.0 Å². The first kappa shape index (κ1) is 13.6. The number of rotatable bonds is 3. The number of para-hydroxylation sites is 1. The molecule has 0 fully saturated rings. The Bertz CT molecular complexity index is 787. The van der Waals surface area contributed by atoms with Crippen LogP contribution in [0.2, 0.25) is 0 Å². The molecule has 3 rings (SSSR count). The first-order chi connectivity index (χ1) is 10.1. The molecule has 2 aromatic carbocycles. The Balaban J connectivity index is 2.21. The highest BCUT2D eigenvalue weighted by Gasteiger charge is 2.12. The number of imidazole rings is 1. The van der Waals surface area contributed by atoms with Gasteiger partial charge in [-0.3, -0.25) is 0 Å². The van der Waals surface area contributed by atoms with Crippen molar-refractivity contribution in [3.05, 3.63) is 48.0 Å². The average molecular weight is 280 g/mol. The van der Waals surface area contributed by atoms with Gasteiger partial charge in [-0.15, -0.1) is 0 Å². The summed E-state index contributed by atoms with van der Waals surface area (Å²) in [5.41, 5.74) is 11.3. The van der Waals surface area contributed by atoms with Gasteiger partial charge in [-0.25, -0.2) is 4.98 Å². The zero-order valence-corrected chi connectivity index (χ0v) is 12.7. The number of aryl methyl sites for hydroxylation is 1. The predicted molar refractivity (Wildman–Crippen MR) is 88.4 cm³/mol. The van der Waals surface area contributed by atoms with E-state index in [4.69, 9.17) is 10.7 Å². The quantitative estimate of drug-likeness (QED) is 0.802. The fourth-order valence-electron chi connectivity index (χ4n) is 2.62. The maximum atomic E-state index is 5.82. The molecule has 21 heavy (non-hydrogen) atoms. The van der Waals surface area contributed by atoms with Gasteiger partial charge in [0.2, 0.25) is 0 Å². The van der Waals surface area contributed by atoms with Gasteiger partial charge in [0.15, 0.2) is 0 Å². The highest BCUT2D eigenvalue weighted by atomic mass is 15.1. The van der Waals surface area contributed by atoms with Gasteiger partial charge in [-0.05, 0) is 23.8 Å². The fourth-order valence-corrected chi connectivity index (χ4v) is 2.62. The van der Waals surface area contributed by atoms with Gasteiger partial charge in [0.1, 0.15) is 5.82 Å². The van der Waals surface area contributed by atoms with Crippen LogP contribution in [0, 0.1) is 0 Å². The minimum atomic E-state index is 0.505. The lowest BCUT2D eigenvalue weighted by Gasteiger charge is -2.13. The second-order valence-electron chi connectivity index (χ2n) is 5.43. The van der Waals surface area contributed by atoms with Crippen LogP contribution in [0.15, 0.2) is 42.5 Å². The van der Waals surface area contributed by atoms with Crippen LogP contribution < -0.4 is 10.6 Å². The van der Waals surface area contributed by atoms with Gasteiger partial charge in [0.25, 0.3) is 0 Å². The summed E-state index contributed by atoms with van der Waals surface area (Å²) in [7, 11) is 6.13. The van der Waals surface area contributed by atoms with Crippen molar-refractivity contribution in [3.63, 3.8) is 0 Å². The molecule has 0 aliphatic heterocycles. The summed E-state index contributed by atoms with van der Waals surface area (Å²) < 4.78 is 2.13. The van der Waals surface area contributed by atoms with Crippen molar-refractivity contribution in [3.8, 4) is 11.4 Å². The number of aromatic nitrogens is 2. The van der Waals surface area contributed by atoms with Crippen molar-refractivity contribution in [2.75, 3.05) is 19.0 Å². The monoisotopic (exact) mass is 280 g/mol. The van der Waals surface area contributed by atoms with Gasteiger partial charge < -0.3 is 15.2 Å². The Hall–Kier alpha value is -2.33. The topological polar surface area (TPSA) is 47.1 Å². The Kier molecular flexibility index (Phi) is 3.39. The normalized spacial score (nSPS) is 11.0. The molecule has 1 heterocycles. The van der Waals surface area contributed by atoms with Crippen molar-refractivity contribution in [2.45, 2.75) is 6.54 Å². The van der Waals surface area contributed by atoms with E-state index >= 15 is 0 Å². The van der Waals surface area contributed by atoms with E-state index in [1.165, 1.54) is 5.69 Å². The lowest BCUT2D eigenvalue weighted by Crippen LogP contribution is -2.08. The second kappa shape index (κ2) is 5.22. The SMILES string of the molecule is CN(C)c1cccc(-c2nc3c(CN)cccc3n2C)c1. The van der Waals surface area contributed by atoms with E-state index in [0.29, 0.717) is 6.54 Å². The van der Waals surface area contributed by atoms with Crippen molar-refractivity contribution in [2.24, 2.45) is 12.8 Å². The molecule has 3 aromatic rings. The van der Waals surface area contributed by atoms with Crippen molar-refractivity contribution in [1.29, 1.82) is 0 Å². The fraction of sp³-hybridized carbons (Fsp3) is 0.235. The van der Waals surface area contributed by atoms with Crippen LogP contribution in [0.4, 0.5) is 5.69 Å². The molecule has 0 aliphatic rings. The molecular formula is C17H20N4. The zero-order chi connectivity index (χ0) is 15.0. The highest BCUT2D eigenvalue weighted by molar-refractivity contribution is 5.84. The predicted octanol–water partition coefficient (Wildman–Crippen LogP) is 2.77. The molecule has 0 radical (unpaired) electrons. The molecule has 0 amide bonds. The van der Waals surface area contributed by atoms with Gasteiger partial charge >= 0.3 is 0 Å². The largest absolute Gasteiger partial charge is 0.378 e. The highest BCUT2D eigenvalue weighted by Crippen LogP contribution is 2.27. The number of fused-ring (bicyclic) bond motifs is 1. The summed E-state index contributed by atoms with van der Waals surface area (Å²) in [6.07, 6.45) is 0. The lowest BCUT2D eigenvalue weighted by atomic mass is 10.2. The van der Waals surface area contributed by atoms with Crippen LogP contribution in [-0.2, 0) is 13.6 Å². The molecular weight excluding hydrogens is 260 g/mol. The Morgan fingerprint density at radius 1 is 1.14 bits per heavy atom. The zero-order valence-electron chi connectivity index (χ0n) is 12.7. The molecule has 0 unspecified atom stereocenters. The molecule has 0 saturated heterocycles. The maximum absolute atomic E-state index is 5.82. The van der Waals surface area contributed by atoms with Crippen molar-refractivity contribution < 1.29 is 0 Å². The molecule has 1 aromatic heterocycles. The van der Waals surface area contributed by atoms with Gasteiger partial charge in [-0.1, -0.05) is 24.3 Å². The van der Waals surface area contributed by atoms with Crippen LogP contribution in [0.3, 0.4) is 0 Å². The molecule has 0 atom stereocenters. The third-order valence-corrected chi connectivity index (χ3v) is 3.84. The molecule has 0 spiro atoms. The third kappa shape index (κ3) is 2.28. The smallest absolute Gasteiger partial charge is 0.140 e. The van der Waals surface area contributed by atoms with E-state index in [2.05, 4.69) is 39.8 Å². The Morgan fingerprint density at radius 2 is 1.90 bits per heavy atom. The number of hydrogen-bond acceptors (Lipinski definition) is 3. The minimum Gasteiger partial charge on any atom is -0.378 e. The van der Waals surface area contributed by atoms with Crippen LogP contribution >= 0.6 is 0 Å². The molecule has 0 bridgehead atoms. The summed E-state index contributed by atoms with van der Waals surface area (Å²) in [5.74, 6) is 0.967. The lowest BCUT2D eigenvalue weighted by molar-refractivity contribution is 0.959. The van der Waals surface area contributed by atoms with E-state index in [-0.39, 0.29) is 0 Å². The van der Waals surface area contributed by atoms with E-state index in [1.54, 1.807) is 0 Å². The van der Waals surface area contributed by atoms with Gasteiger partial charge in [0.05, 0.1) is 11.0 Å². The maximum Gasteiger partial charge on any atom is 0.140 e. The average Bonchev–Trinajstić information content (AvgIpc) is 2.85. The third-order valence-electron chi connectivity index (χ3n) is 3.84. The Morgan fingerprint density at radius 3 is 2.62 bits per heavy atom. The first-order valence-electron chi connectivity index (χ1n) is 7.04. The van der Waals surface area contributed by atoms with E-state index < -0.39 is 0 Å². The van der Waals surface area contributed by atoms with E-state index in [9.17, 15) is 0 Å². The summed E-state index contributed by atoms with van der Waals surface area (Å²) >= 11 is 0. The molecule has 0 saturated carbocycles. The number of benzene rings is 2. The number of nitrogens with zero attached hydrogens (tertiary/aromatic N) is 3. The molecule has 2 N–H and O–H groups in total. The van der Waals surface area contributed by atoms with Crippen LogP contribution in [0.5, 0.6) is 0 Å². The molecule has 108 valence electrons. The molecule has 0 aliphatic carbocycles. The van der Waals surface area contributed by atoms with Crippen LogP contribution in [0.1, 0.15) is 5.56 Å². The molecule has 4 heteroatoms. The number of anilines is 1. The summed E-state index contributed by atoms with van der Waals surface area (Å²) in [6.45, 7) is 0.505. The van der Waals surface area contributed by atoms with Crippen molar-refractivity contribution >= 4 is 16.7 Å². The van der Waals surface area contributed by atoms with Gasteiger partial charge in [0, 0.05) is 38.9 Å². The summed E-state index contributed by atoms with van der Waals surface area (Å²) in [5, 5.41) is 0. The van der Waals surface area contributed by atoms with Crippen LogP contribution in [-0.4, -0.2) is 23.6 Å². The standard InChI is InChI=1S/C17H20N4/c1-20(2)14-8-4-6-12(10-14)17-19-16-13(11-18)7-5-9-15(16)21(17)3/h4-10H,11,18H2,1-3H3.